The SMILES string of the molecule is CC.COc1nc(C)cc2nc(C(C)C)nc(N3CCCOC(C#N)C3)c12. The fourth-order valence-corrected chi connectivity index (χ4v) is 2.97. The van der Waals surface area contributed by atoms with Gasteiger partial charge in [0.05, 0.1) is 31.8 Å². The van der Waals surface area contributed by atoms with E-state index in [-0.39, 0.29) is 5.92 Å². The van der Waals surface area contributed by atoms with Gasteiger partial charge in [-0.15, -0.1) is 0 Å². The summed E-state index contributed by atoms with van der Waals surface area (Å²) in [6.07, 6.45) is 0.363. The first kappa shape index (κ1) is 20.8. The molecule has 1 unspecified atom stereocenters. The molecule has 0 radical (unpaired) electrons. The van der Waals surface area contributed by atoms with E-state index >= 15 is 0 Å². The lowest BCUT2D eigenvalue weighted by molar-refractivity contribution is 0.106. The highest BCUT2D eigenvalue weighted by atomic mass is 16.5. The predicted molar refractivity (Wildman–Crippen MR) is 106 cm³/mol. The Labute approximate surface area is 161 Å². The van der Waals surface area contributed by atoms with Gasteiger partial charge in [-0.05, 0) is 19.4 Å². The Morgan fingerprint density at radius 2 is 2.04 bits per heavy atom. The van der Waals surface area contributed by atoms with Crippen LogP contribution >= 0.6 is 0 Å². The molecule has 3 rings (SSSR count). The van der Waals surface area contributed by atoms with Gasteiger partial charge in [-0.1, -0.05) is 27.7 Å². The summed E-state index contributed by atoms with van der Waals surface area (Å²) in [6.45, 7) is 11.9. The summed E-state index contributed by atoms with van der Waals surface area (Å²) in [7, 11) is 1.60. The Bertz CT molecular complexity index is 816. The first-order valence-corrected chi connectivity index (χ1v) is 9.53. The van der Waals surface area contributed by atoms with Gasteiger partial charge in [0.1, 0.15) is 17.0 Å². The van der Waals surface area contributed by atoms with Crippen molar-refractivity contribution >= 4 is 16.7 Å². The molecular weight excluding hydrogens is 342 g/mol. The van der Waals surface area contributed by atoms with Crippen LogP contribution in [0.1, 0.15) is 51.6 Å². The molecular formula is C20H29N5O2. The van der Waals surface area contributed by atoms with E-state index in [1.54, 1.807) is 7.11 Å². The van der Waals surface area contributed by atoms with Crippen LogP contribution in [-0.2, 0) is 4.74 Å². The van der Waals surface area contributed by atoms with Gasteiger partial charge in [0.2, 0.25) is 5.88 Å². The van der Waals surface area contributed by atoms with Gasteiger partial charge >= 0.3 is 0 Å². The van der Waals surface area contributed by atoms with Gasteiger partial charge in [-0.25, -0.2) is 15.0 Å². The van der Waals surface area contributed by atoms with Crippen molar-refractivity contribution in [2.45, 2.75) is 53.1 Å². The van der Waals surface area contributed by atoms with Gasteiger partial charge in [-0.3, -0.25) is 0 Å². The maximum atomic E-state index is 9.30. The van der Waals surface area contributed by atoms with E-state index in [4.69, 9.17) is 19.4 Å². The van der Waals surface area contributed by atoms with Gasteiger partial charge in [0, 0.05) is 18.2 Å². The molecule has 146 valence electrons. The van der Waals surface area contributed by atoms with Crippen molar-refractivity contribution in [1.82, 2.24) is 15.0 Å². The second-order valence-electron chi connectivity index (χ2n) is 6.52. The summed E-state index contributed by atoms with van der Waals surface area (Å²) in [4.78, 5) is 16.1. The van der Waals surface area contributed by atoms with Gasteiger partial charge in [0.15, 0.2) is 6.10 Å². The lowest BCUT2D eigenvalue weighted by Gasteiger charge is -2.25. The maximum absolute atomic E-state index is 9.30. The fraction of sp³-hybridized carbons (Fsp3) is 0.600. The molecule has 27 heavy (non-hydrogen) atoms. The van der Waals surface area contributed by atoms with Crippen LogP contribution in [0.15, 0.2) is 6.07 Å². The minimum atomic E-state index is -0.473. The van der Waals surface area contributed by atoms with E-state index in [0.29, 0.717) is 19.0 Å². The highest BCUT2D eigenvalue weighted by Crippen LogP contribution is 2.33. The molecule has 0 bridgehead atoms. The minimum Gasteiger partial charge on any atom is -0.480 e. The largest absolute Gasteiger partial charge is 0.480 e. The van der Waals surface area contributed by atoms with Crippen molar-refractivity contribution in [3.63, 3.8) is 0 Å². The zero-order valence-corrected chi connectivity index (χ0v) is 17.1. The molecule has 1 fully saturated rings. The van der Waals surface area contributed by atoms with Crippen LogP contribution in [0.4, 0.5) is 5.82 Å². The van der Waals surface area contributed by atoms with Crippen LogP contribution in [0.2, 0.25) is 0 Å². The van der Waals surface area contributed by atoms with Gasteiger partial charge in [0.25, 0.3) is 0 Å². The number of fused-ring (bicyclic) bond motifs is 1. The molecule has 2 aromatic heterocycles. The van der Waals surface area contributed by atoms with Crippen molar-refractivity contribution in [3.05, 3.63) is 17.6 Å². The zero-order valence-electron chi connectivity index (χ0n) is 17.1. The second kappa shape index (κ2) is 9.47. The molecule has 0 saturated carbocycles. The molecule has 1 atom stereocenters. The second-order valence-corrected chi connectivity index (χ2v) is 6.52. The van der Waals surface area contributed by atoms with Crippen molar-refractivity contribution in [1.29, 1.82) is 5.26 Å². The standard InChI is InChI=1S/C18H23N5O2.C2H6/c1-11(2)16-21-14-8-12(3)20-18(24-4)15(14)17(22-16)23-6-5-7-25-13(9-19)10-23;1-2/h8,11,13H,5-7,10H2,1-4H3;1-2H3. The first-order valence-electron chi connectivity index (χ1n) is 9.53. The van der Waals surface area contributed by atoms with Crippen molar-refractivity contribution in [2.24, 2.45) is 0 Å². The highest BCUT2D eigenvalue weighted by Gasteiger charge is 2.24. The van der Waals surface area contributed by atoms with E-state index in [2.05, 4.69) is 29.8 Å². The Morgan fingerprint density at radius 1 is 1.30 bits per heavy atom. The minimum absolute atomic E-state index is 0.192. The summed E-state index contributed by atoms with van der Waals surface area (Å²) in [5.74, 6) is 2.24. The highest BCUT2D eigenvalue weighted by molar-refractivity contribution is 5.94. The molecule has 0 aromatic carbocycles. The van der Waals surface area contributed by atoms with Crippen LogP contribution in [0, 0.1) is 18.3 Å². The molecule has 7 heteroatoms. The number of aryl methyl sites for hydroxylation is 1. The van der Waals surface area contributed by atoms with Crippen molar-refractivity contribution < 1.29 is 9.47 Å². The summed E-state index contributed by atoms with van der Waals surface area (Å²) in [6, 6.07) is 4.16. The third-order valence-corrected chi connectivity index (χ3v) is 4.20. The average Bonchev–Trinajstić information content (AvgIpc) is 2.93. The Balaban J connectivity index is 0.00000126. The normalized spacial score (nSPS) is 17.1. The lowest BCUT2D eigenvalue weighted by atomic mass is 10.1. The number of nitriles is 1. The monoisotopic (exact) mass is 371 g/mol. The number of ether oxygens (including phenoxy) is 2. The number of nitrogens with zero attached hydrogens (tertiary/aromatic N) is 5. The molecule has 3 heterocycles. The van der Waals surface area contributed by atoms with E-state index in [1.807, 2.05) is 26.8 Å². The number of methoxy groups -OCH3 is 1. The summed E-state index contributed by atoms with van der Waals surface area (Å²) >= 11 is 0. The number of hydrogen-bond donors (Lipinski definition) is 0. The van der Waals surface area contributed by atoms with Crippen molar-refractivity contribution in [2.75, 3.05) is 31.7 Å². The molecule has 0 spiro atoms. The predicted octanol–water partition coefficient (Wildman–Crippen LogP) is 3.61. The molecule has 7 nitrogen and oxygen atoms in total. The zero-order chi connectivity index (χ0) is 20.0. The van der Waals surface area contributed by atoms with Crippen molar-refractivity contribution in [3.8, 4) is 11.9 Å². The number of rotatable bonds is 3. The van der Waals surface area contributed by atoms with Gasteiger partial charge < -0.3 is 14.4 Å². The smallest absolute Gasteiger partial charge is 0.226 e. The summed E-state index contributed by atoms with van der Waals surface area (Å²) in [5.41, 5.74) is 1.66. The van der Waals surface area contributed by atoms with Crippen LogP contribution in [0.5, 0.6) is 5.88 Å². The average molecular weight is 371 g/mol. The molecule has 0 amide bonds. The molecule has 0 aliphatic carbocycles. The van der Waals surface area contributed by atoms with Crippen LogP contribution < -0.4 is 9.64 Å². The molecule has 2 aromatic rings. The fourth-order valence-electron chi connectivity index (χ4n) is 2.97. The molecule has 1 aliphatic rings. The van der Waals surface area contributed by atoms with E-state index in [0.717, 1.165) is 41.2 Å². The van der Waals surface area contributed by atoms with Crippen LogP contribution in [0.25, 0.3) is 10.9 Å². The molecule has 1 aliphatic heterocycles. The van der Waals surface area contributed by atoms with E-state index in [9.17, 15) is 5.26 Å². The Morgan fingerprint density at radius 3 is 2.67 bits per heavy atom. The summed E-state index contributed by atoms with van der Waals surface area (Å²) in [5, 5.41) is 10.1. The van der Waals surface area contributed by atoms with Gasteiger partial charge in [-0.2, -0.15) is 5.26 Å². The summed E-state index contributed by atoms with van der Waals surface area (Å²) < 4.78 is 11.1. The van der Waals surface area contributed by atoms with E-state index in [1.165, 1.54) is 0 Å². The number of pyridine rings is 1. The third-order valence-electron chi connectivity index (χ3n) is 4.20. The Kier molecular flexibility index (Phi) is 7.31. The topological polar surface area (TPSA) is 84.2 Å². The maximum Gasteiger partial charge on any atom is 0.226 e. The quantitative estimate of drug-likeness (QED) is 0.815. The number of anilines is 1. The lowest BCUT2D eigenvalue weighted by Crippen LogP contribution is -2.32. The molecule has 1 saturated heterocycles. The van der Waals surface area contributed by atoms with Crippen LogP contribution in [-0.4, -0.2) is 47.9 Å². The van der Waals surface area contributed by atoms with Crippen LogP contribution in [0.3, 0.4) is 0 Å². The number of hydrogen-bond acceptors (Lipinski definition) is 7. The van der Waals surface area contributed by atoms with E-state index < -0.39 is 6.10 Å². The number of aromatic nitrogens is 3. The first-order chi connectivity index (χ1) is 13.0. The molecule has 0 N–H and O–H groups in total. The third kappa shape index (κ3) is 4.64. The Hall–Kier alpha value is -2.46.